The lowest BCUT2D eigenvalue weighted by Gasteiger charge is -2.27. The van der Waals surface area contributed by atoms with Gasteiger partial charge in [0.05, 0.1) is 12.6 Å². The number of carbonyl (C=O) groups is 1. The van der Waals surface area contributed by atoms with Crippen LogP contribution in [0.4, 0.5) is 0 Å². The first-order chi connectivity index (χ1) is 13.7. The molecule has 0 aromatic heterocycles. The SMILES string of the molecule is O=C(NC1CCOc2ccc(Cl)cc21)/C(=C\c1ccccc1)c1ccccc1. The zero-order valence-electron chi connectivity index (χ0n) is 15.3. The third-order valence-corrected chi connectivity index (χ3v) is 4.99. The van der Waals surface area contributed by atoms with Crippen molar-refractivity contribution in [2.75, 3.05) is 6.61 Å². The van der Waals surface area contributed by atoms with E-state index in [0.717, 1.165) is 22.4 Å². The number of nitrogens with one attached hydrogen (secondary N) is 1. The van der Waals surface area contributed by atoms with E-state index in [0.29, 0.717) is 23.6 Å². The lowest BCUT2D eigenvalue weighted by Crippen LogP contribution is -2.32. The second-order valence-corrected chi connectivity index (χ2v) is 7.12. The second-order valence-electron chi connectivity index (χ2n) is 6.68. The average Bonchev–Trinajstić information content (AvgIpc) is 2.74. The molecule has 3 aromatic carbocycles. The Bertz CT molecular complexity index is 1000. The highest BCUT2D eigenvalue weighted by atomic mass is 35.5. The van der Waals surface area contributed by atoms with Gasteiger partial charge in [-0.1, -0.05) is 72.3 Å². The number of benzene rings is 3. The van der Waals surface area contributed by atoms with Gasteiger partial charge < -0.3 is 10.1 Å². The molecule has 0 saturated heterocycles. The largest absolute Gasteiger partial charge is 0.493 e. The molecule has 1 heterocycles. The molecule has 1 amide bonds. The molecule has 0 aliphatic carbocycles. The molecule has 140 valence electrons. The fourth-order valence-electron chi connectivity index (χ4n) is 3.36. The molecule has 4 heteroatoms. The van der Waals surface area contributed by atoms with Crippen LogP contribution in [0.5, 0.6) is 5.75 Å². The molecule has 3 aromatic rings. The lowest BCUT2D eigenvalue weighted by atomic mass is 9.98. The summed E-state index contributed by atoms with van der Waals surface area (Å²) in [7, 11) is 0. The van der Waals surface area contributed by atoms with Crippen LogP contribution >= 0.6 is 11.6 Å². The highest BCUT2D eigenvalue weighted by Crippen LogP contribution is 2.34. The molecule has 1 atom stereocenters. The Balaban J connectivity index is 1.66. The third-order valence-electron chi connectivity index (χ3n) is 4.76. The predicted octanol–water partition coefficient (Wildman–Crippen LogP) is 5.52. The lowest BCUT2D eigenvalue weighted by molar-refractivity contribution is -0.116. The number of amides is 1. The van der Waals surface area contributed by atoms with E-state index in [-0.39, 0.29) is 11.9 Å². The Labute approximate surface area is 169 Å². The molecule has 28 heavy (non-hydrogen) atoms. The van der Waals surface area contributed by atoms with Crippen LogP contribution in [-0.2, 0) is 4.79 Å². The topological polar surface area (TPSA) is 38.3 Å². The zero-order chi connectivity index (χ0) is 19.3. The summed E-state index contributed by atoms with van der Waals surface area (Å²) in [4.78, 5) is 13.3. The van der Waals surface area contributed by atoms with Gasteiger partial charge in [0, 0.05) is 22.6 Å². The fourth-order valence-corrected chi connectivity index (χ4v) is 3.55. The predicted molar refractivity (Wildman–Crippen MR) is 113 cm³/mol. The summed E-state index contributed by atoms with van der Waals surface area (Å²) >= 11 is 6.16. The fraction of sp³-hybridized carbons (Fsp3) is 0.125. The molecule has 0 spiro atoms. The minimum absolute atomic E-state index is 0.118. The minimum atomic E-state index is -0.141. The standard InChI is InChI=1S/C24H20ClNO2/c25-19-11-12-23-21(16-19)22(13-14-28-23)26-24(27)20(18-9-5-2-6-10-18)15-17-7-3-1-4-8-17/h1-12,15-16,22H,13-14H2,(H,26,27)/b20-15-. The third kappa shape index (κ3) is 4.10. The van der Waals surface area contributed by atoms with E-state index in [1.165, 1.54) is 0 Å². The summed E-state index contributed by atoms with van der Waals surface area (Å²) in [5.74, 6) is 0.655. The van der Waals surface area contributed by atoms with Gasteiger partial charge in [0.25, 0.3) is 5.91 Å². The normalized spacial score (nSPS) is 16.0. The molecule has 1 unspecified atom stereocenters. The monoisotopic (exact) mass is 389 g/mol. The highest BCUT2D eigenvalue weighted by Gasteiger charge is 2.25. The van der Waals surface area contributed by atoms with Crippen molar-refractivity contribution in [2.24, 2.45) is 0 Å². The first-order valence-corrected chi connectivity index (χ1v) is 9.64. The van der Waals surface area contributed by atoms with Crippen LogP contribution in [0.1, 0.15) is 29.2 Å². The van der Waals surface area contributed by atoms with Crippen molar-refractivity contribution in [2.45, 2.75) is 12.5 Å². The van der Waals surface area contributed by atoms with Crippen molar-refractivity contribution in [1.29, 1.82) is 0 Å². The molecule has 1 aliphatic heterocycles. The molecule has 0 radical (unpaired) electrons. The van der Waals surface area contributed by atoms with Crippen LogP contribution in [0, 0.1) is 0 Å². The maximum absolute atomic E-state index is 13.3. The molecule has 0 saturated carbocycles. The molecule has 3 nitrogen and oxygen atoms in total. The zero-order valence-corrected chi connectivity index (χ0v) is 16.0. The Hall–Kier alpha value is -3.04. The summed E-state index contributed by atoms with van der Waals surface area (Å²) in [6, 6.07) is 24.9. The van der Waals surface area contributed by atoms with Gasteiger partial charge in [0.1, 0.15) is 5.75 Å². The first kappa shape index (κ1) is 18.3. The van der Waals surface area contributed by atoms with Gasteiger partial charge in [-0.2, -0.15) is 0 Å². The van der Waals surface area contributed by atoms with E-state index in [4.69, 9.17) is 16.3 Å². The van der Waals surface area contributed by atoms with E-state index in [1.807, 2.05) is 78.9 Å². The van der Waals surface area contributed by atoms with Crippen molar-refractivity contribution in [1.82, 2.24) is 5.32 Å². The Morgan fingerprint density at radius 3 is 2.46 bits per heavy atom. The number of hydrogen-bond acceptors (Lipinski definition) is 2. The van der Waals surface area contributed by atoms with Crippen molar-refractivity contribution in [3.8, 4) is 5.75 Å². The highest BCUT2D eigenvalue weighted by molar-refractivity contribution is 6.30. The van der Waals surface area contributed by atoms with Crippen LogP contribution in [0.15, 0.2) is 78.9 Å². The van der Waals surface area contributed by atoms with Gasteiger partial charge in [-0.3, -0.25) is 4.79 Å². The molecule has 4 rings (SSSR count). The van der Waals surface area contributed by atoms with Gasteiger partial charge in [0.2, 0.25) is 0 Å². The smallest absolute Gasteiger partial charge is 0.252 e. The molecular weight excluding hydrogens is 370 g/mol. The van der Waals surface area contributed by atoms with Gasteiger partial charge in [-0.05, 0) is 35.4 Å². The summed E-state index contributed by atoms with van der Waals surface area (Å²) in [5, 5.41) is 3.81. The number of ether oxygens (including phenoxy) is 1. The average molecular weight is 390 g/mol. The van der Waals surface area contributed by atoms with Crippen LogP contribution < -0.4 is 10.1 Å². The van der Waals surface area contributed by atoms with E-state index < -0.39 is 0 Å². The molecule has 1 aliphatic rings. The molecule has 0 fully saturated rings. The van der Waals surface area contributed by atoms with Gasteiger partial charge in [0.15, 0.2) is 0 Å². The van der Waals surface area contributed by atoms with Gasteiger partial charge in [-0.15, -0.1) is 0 Å². The Morgan fingerprint density at radius 1 is 1.00 bits per heavy atom. The summed E-state index contributed by atoms with van der Waals surface area (Å²) in [6.07, 6.45) is 2.62. The van der Waals surface area contributed by atoms with Crippen molar-refractivity contribution in [3.05, 3.63) is 101 Å². The minimum Gasteiger partial charge on any atom is -0.493 e. The van der Waals surface area contributed by atoms with Crippen LogP contribution in [0.25, 0.3) is 11.6 Å². The molecular formula is C24H20ClNO2. The maximum atomic E-state index is 13.3. The molecule has 0 bridgehead atoms. The Morgan fingerprint density at radius 2 is 1.71 bits per heavy atom. The van der Waals surface area contributed by atoms with Gasteiger partial charge in [-0.25, -0.2) is 0 Å². The number of hydrogen-bond donors (Lipinski definition) is 1. The molecule has 1 N–H and O–H groups in total. The van der Waals surface area contributed by atoms with E-state index in [9.17, 15) is 4.79 Å². The van der Waals surface area contributed by atoms with Crippen molar-refractivity contribution < 1.29 is 9.53 Å². The first-order valence-electron chi connectivity index (χ1n) is 9.26. The summed E-state index contributed by atoms with van der Waals surface area (Å²) < 4.78 is 5.71. The van der Waals surface area contributed by atoms with Gasteiger partial charge >= 0.3 is 0 Å². The van der Waals surface area contributed by atoms with Crippen molar-refractivity contribution in [3.63, 3.8) is 0 Å². The van der Waals surface area contributed by atoms with Crippen LogP contribution in [0.3, 0.4) is 0 Å². The van der Waals surface area contributed by atoms with Crippen LogP contribution in [-0.4, -0.2) is 12.5 Å². The van der Waals surface area contributed by atoms with E-state index in [2.05, 4.69) is 5.32 Å². The summed E-state index contributed by atoms with van der Waals surface area (Å²) in [6.45, 7) is 0.558. The quantitative estimate of drug-likeness (QED) is 0.471. The summed E-state index contributed by atoms with van der Waals surface area (Å²) in [5.41, 5.74) is 3.40. The Kier molecular flexibility index (Phi) is 5.45. The number of carbonyl (C=O) groups excluding carboxylic acids is 1. The van der Waals surface area contributed by atoms with Crippen LogP contribution in [0.2, 0.25) is 5.02 Å². The number of halogens is 1. The van der Waals surface area contributed by atoms with E-state index >= 15 is 0 Å². The maximum Gasteiger partial charge on any atom is 0.252 e. The van der Waals surface area contributed by atoms with E-state index in [1.54, 1.807) is 6.07 Å². The number of fused-ring (bicyclic) bond motifs is 1. The van der Waals surface area contributed by atoms with Crippen molar-refractivity contribution >= 4 is 29.2 Å². The number of rotatable bonds is 4. The second kappa shape index (κ2) is 8.32.